The molecule has 1 amide bonds. The Morgan fingerprint density at radius 1 is 1.13 bits per heavy atom. The lowest BCUT2D eigenvalue weighted by molar-refractivity contribution is -0.120. The predicted octanol–water partition coefficient (Wildman–Crippen LogP) is 2.19. The number of benzene rings is 2. The summed E-state index contributed by atoms with van der Waals surface area (Å²) in [7, 11) is -1.03. The highest BCUT2D eigenvalue weighted by Crippen LogP contribution is 2.33. The third-order valence-corrected chi connectivity index (χ3v) is 6.61. The van der Waals surface area contributed by atoms with Crippen LogP contribution in [0.25, 0.3) is 0 Å². The second-order valence-corrected chi connectivity index (χ2v) is 8.67. The lowest BCUT2D eigenvalue weighted by Crippen LogP contribution is -2.42. The summed E-state index contributed by atoms with van der Waals surface area (Å²) in [5, 5.41) is 2.77. The van der Waals surface area contributed by atoms with E-state index in [0.29, 0.717) is 30.3 Å². The summed E-state index contributed by atoms with van der Waals surface area (Å²) in [4.78, 5) is 12.7. The normalized spacial score (nSPS) is 16.1. The van der Waals surface area contributed by atoms with Gasteiger partial charge in [0.2, 0.25) is 5.91 Å². The molecular formula is C21H26N2O6S. The number of ether oxygens (including phenoxy) is 3. The molecule has 0 bridgehead atoms. The standard InChI is InChI=1S/C21H26N2O6S/c1-27-19-11-10-16(13-20(19)28-2)23(30(25,26)18-8-4-3-5-9-18)15-21(24)22-14-17-7-6-12-29-17/h3-5,8-11,13,17H,6-7,12,14-15H2,1-2H3,(H,22,24)/t17-/m1/s1. The molecule has 0 aromatic heterocycles. The Hall–Kier alpha value is -2.78. The molecule has 0 saturated carbocycles. The highest BCUT2D eigenvalue weighted by atomic mass is 32.2. The number of nitrogens with zero attached hydrogens (tertiary/aromatic N) is 1. The third kappa shape index (κ3) is 5.03. The molecule has 0 unspecified atom stereocenters. The van der Waals surface area contributed by atoms with Crippen molar-refractivity contribution >= 4 is 21.6 Å². The highest BCUT2D eigenvalue weighted by Gasteiger charge is 2.28. The van der Waals surface area contributed by atoms with Gasteiger partial charge in [0.05, 0.1) is 30.9 Å². The molecule has 0 radical (unpaired) electrons. The van der Waals surface area contributed by atoms with Gasteiger partial charge in [-0.1, -0.05) is 18.2 Å². The molecule has 162 valence electrons. The third-order valence-electron chi connectivity index (χ3n) is 4.82. The van der Waals surface area contributed by atoms with Gasteiger partial charge in [-0.05, 0) is 37.1 Å². The average molecular weight is 435 g/mol. The number of carbonyl (C=O) groups excluding carboxylic acids is 1. The molecule has 30 heavy (non-hydrogen) atoms. The number of hydrogen-bond donors (Lipinski definition) is 1. The van der Waals surface area contributed by atoms with Crippen LogP contribution in [0.4, 0.5) is 5.69 Å². The fourth-order valence-corrected chi connectivity index (χ4v) is 4.67. The maximum atomic E-state index is 13.3. The van der Waals surface area contributed by atoms with Crippen LogP contribution in [0.3, 0.4) is 0 Å². The van der Waals surface area contributed by atoms with Crippen molar-refractivity contribution in [3.8, 4) is 11.5 Å². The van der Waals surface area contributed by atoms with Gasteiger partial charge in [0.1, 0.15) is 6.54 Å². The van der Waals surface area contributed by atoms with E-state index in [0.717, 1.165) is 17.1 Å². The van der Waals surface area contributed by atoms with Crippen molar-refractivity contribution in [3.05, 3.63) is 48.5 Å². The van der Waals surface area contributed by atoms with Crippen LogP contribution in [0.1, 0.15) is 12.8 Å². The molecule has 1 atom stereocenters. The Morgan fingerprint density at radius 2 is 1.87 bits per heavy atom. The summed E-state index contributed by atoms with van der Waals surface area (Å²) < 4.78 is 43.8. The molecule has 1 fully saturated rings. The second-order valence-electron chi connectivity index (χ2n) is 6.80. The minimum atomic E-state index is -3.99. The largest absolute Gasteiger partial charge is 0.493 e. The monoisotopic (exact) mass is 434 g/mol. The molecular weight excluding hydrogens is 408 g/mol. The van der Waals surface area contributed by atoms with Crippen LogP contribution in [-0.2, 0) is 19.6 Å². The van der Waals surface area contributed by atoms with E-state index in [1.54, 1.807) is 30.3 Å². The predicted molar refractivity (Wildman–Crippen MR) is 113 cm³/mol. The maximum absolute atomic E-state index is 13.3. The molecule has 1 saturated heterocycles. The molecule has 9 heteroatoms. The first-order chi connectivity index (χ1) is 14.5. The van der Waals surface area contributed by atoms with Crippen molar-refractivity contribution in [3.63, 3.8) is 0 Å². The lowest BCUT2D eigenvalue weighted by atomic mass is 10.2. The lowest BCUT2D eigenvalue weighted by Gasteiger charge is -2.25. The molecule has 1 aliphatic heterocycles. The number of sulfonamides is 1. The van der Waals surface area contributed by atoms with Crippen LogP contribution in [0.5, 0.6) is 11.5 Å². The molecule has 2 aromatic carbocycles. The zero-order chi connectivity index (χ0) is 21.6. The van der Waals surface area contributed by atoms with Crippen LogP contribution in [-0.4, -0.2) is 54.3 Å². The van der Waals surface area contributed by atoms with Crippen molar-refractivity contribution in [2.45, 2.75) is 23.8 Å². The van der Waals surface area contributed by atoms with Crippen LogP contribution >= 0.6 is 0 Å². The molecule has 0 spiro atoms. The fourth-order valence-electron chi connectivity index (χ4n) is 3.23. The summed E-state index contributed by atoms with van der Waals surface area (Å²) >= 11 is 0. The van der Waals surface area contributed by atoms with Crippen LogP contribution in [0.2, 0.25) is 0 Å². The topological polar surface area (TPSA) is 94.2 Å². The number of hydrogen-bond acceptors (Lipinski definition) is 6. The van der Waals surface area contributed by atoms with Gasteiger partial charge in [-0.25, -0.2) is 8.42 Å². The van der Waals surface area contributed by atoms with E-state index in [-0.39, 0.29) is 17.5 Å². The number of carbonyl (C=O) groups is 1. The van der Waals surface area contributed by atoms with Crippen molar-refractivity contribution in [2.75, 3.05) is 38.2 Å². The van der Waals surface area contributed by atoms with Crippen molar-refractivity contribution < 1.29 is 27.4 Å². The Balaban J connectivity index is 1.89. The maximum Gasteiger partial charge on any atom is 0.264 e. The first-order valence-electron chi connectivity index (χ1n) is 9.64. The van der Waals surface area contributed by atoms with Gasteiger partial charge >= 0.3 is 0 Å². The minimum Gasteiger partial charge on any atom is -0.493 e. The van der Waals surface area contributed by atoms with Gasteiger partial charge in [0, 0.05) is 19.2 Å². The Bertz CT molecular complexity index is 959. The molecule has 1 aliphatic rings. The van der Waals surface area contributed by atoms with E-state index < -0.39 is 15.9 Å². The molecule has 0 aliphatic carbocycles. The molecule has 1 N–H and O–H groups in total. The van der Waals surface area contributed by atoms with Crippen LogP contribution in [0.15, 0.2) is 53.4 Å². The van der Waals surface area contributed by atoms with Crippen LogP contribution < -0.4 is 19.1 Å². The van der Waals surface area contributed by atoms with Gasteiger partial charge in [-0.15, -0.1) is 0 Å². The van der Waals surface area contributed by atoms with Crippen molar-refractivity contribution in [1.29, 1.82) is 0 Å². The molecule has 3 rings (SSSR count). The van der Waals surface area contributed by atoms with Crippen molar-refractivity contribution in [2.24, 2.45) is 0 Å². The molecule has 1 heterocycles. The summed E-state index contributed by atoms with van der Waals surface area (Å²) in [5.74, 6) is 0.406. The Kier molecular flexibility index (Phi) is 7.17. The summed E-state index contributed by atoms with van der Waals surface area (Å²) in [6, 6.07) is 12.7. The van der Waals surface area contributed by atoms with E-state index in [1.165, 1.54) is 32.4 Å². The summed E-state index contributed by atoms with van der Waals surface area (Å²) in [5.41, 5.74) is 0.295. The van der Waals surface area contributed by atoms with Gasteiger partial charge in [-0.2, -0.15) is 0 Å². The summed E-state index contributed by atoms with van der Waals surface area (Å²) in [6.45, 7) is 0.657. The first kappa shape index (κ1) is 21.9. The van der Waals surface area contributed by atoms with Gasteiger partial charge in [0.15, 0.2) is 11.5 Å². The van der Waals surface area contributed by atoms with E-state index in [4.69, 9.17) is 14.2 Å². The van der Waals surface area contributed by atoms with Crippen LogP contribution in [0, 0.1) is 0 Å². The zero-order valence-electron chi connectivity index (χ0n) is 17.0. The number of anilines is 1. The molecule has 2 aromatic rings. The number of amides is 1. The van der Waals surface area contributed by atoms with E-state index >= 15 is 0 Å². The first-order valence-corrected chi connectivity index (χ1v) is 11.1. The summed E-state index contributed by atoms with van der Waals surface area (Å²) in [6.07, 6.45) is 1.80. The SMILES string of the molecule is COc1ccc(N(CC(=O)NC[C@H]2CCCO2)S(=O)(=O)c2ccccc2)cc1OC. The Labute approximate surface area is 176 Å². The smallest absolute Gasteiger partial charge is 0.264 e. The zero-order valence-corrected chi connectivity index (χ0v) is 17.9. The highest BCUT2D eigenvalue weighted by molar-refractivity contribution is 7.92. The van der Waals surface area contributed by atoms with E-state index in [2.05, 4.69) is 5.32 Å². The number of rotatable bonds is 9. The van der Waals surface area contributed by atoms with Gasteiger partial charge < -0.3 is 19.5 Å². The Morgan fingerprint density at radius 3 is 2.50 bits per heavy atom. The van der Waals surface area contributed by atoms with Gasteiger partial charge in [-0.3, -0.25) is 9.10 Å². The average Bonchev–Trinajstić information content (AvgIpc) is 3.30. The van der Waals surface area contributed by atoms with E-state index in [9.17, 15) is 13.2 Å². The quantitative estimate of drug-likeness (QED) is 0.650. The number of nitrogens with one attached hydrogen (secondary N) is 1. The van der Waals surface area contributed by atoms with E-state index in [1.807, 2.05) is 0 Å². The van der Waals surface area contributed by atoms with Crippen molar-refractivity contribution in [1.82, 2.24) is 5.32 Å². The molecule has 8 nitrogen and oxygen atoms in total. The minimum absolute atomic E-state index is 0.0331. The number of methoxy groups -OCH3 is 2. The van der Waals surface area contributed by atoms with Gasteiger partial charge in [0.25, 0.3) is 10.0 Å². The second kappa shape index (κ2) is 9.82. The fraction of sp³-hybridized carbons (Fsp3) is 0.381.